The van der Waals surface area contributed by atoms with Crippen LogP contribution in [0, 0.1) is 5.92 Å². The molecule has 1 amide bonds. The SMILES string of the molecule is CC(=O)Nc1cc(-c2cccc(CC(F)(F)F)c2)cnc1C(=O)C(C)C. The normalized spacial score (nSPS) is 11.5. The molecule has 1 aromatic heterocycles. The second-order valence-electron chi connectivity index (χ2n) is 6.31. The monoisotopic (exact) mass is 364 g/mol. The van der Waals surface area contributed by atoms with Crippen LogP contribution in [0.15, 0.2) is 36.5 Å². The molecule has 0 fully saturated rings. The van der Waals surface area contributed by atoms with Gasteiger partial charge in [0.15, 0.2) is 5.78 Å². The number of Topliss-reactive ketones (excluding diaryl/α,β-unsaturated/α-hetero) is 1. The molecule has 2 rings (SSSR count). The molecule has 0 aliphatic carbocycles. The van der Waals surface area contributed by atoms with Crippen molar-refractivity contribution in [2.24, 2.45) is 5.92 Å². The van der Waals surface area contributed by atoms with E-state index in [4.69, 9.17) is 0 Å². The van der Waals surface area contributed by atoms with Crippen LogP contribution in [-0.2, 0) is 11.2 Å². The Morgan fingerprint density at radius 3 is 2.42 bits per heavy atom. The van der Waals surface area contributed by atoms with Crippen LogP contribution in [0.1, 0.15) is 36.8 Å². The van der Waals surface area contributed by atoms with Crippen LogP contribution in [0.2, 0.25) is 0 Å². The second-order valence-corrected chi connectivity index (χ2v) is 6.31. The van der Waals surface area contributed by atoms with Gasteiger partial charge in [0.05, 0.1) is 12.1 Å². The summed E-state index contributed by atoms with van der Waals surface area (Å²) in [5.74, 6) is -0.908. The van der Waals surface area contributed by atoms with Gasteiger partial charge in [-0.1, -0.05) is 38.1 Å². The van der Waals surface area contributed by atoms with E-state index in [2.05, 4.69) is 10.3 Å². The van der Waals surface area contributed by atoms with Crippen molar-refractivity contribution in [2.45, 2.75) is 33.4 Å². The van der Waals surface area contributed by atoms with Crippen molar-refractivity contribution in [1.29, 1.82) is 0 Å². The Balaban J connectivity index is 2.46. The summed E-state index contributed by atoms with van der Waals surface area (Å²) in [6.07, 6.45) is -3.91. The third-order valence-corrected chi connectivity index (χ3v) is 3.62. The average molecular weight is 364 g/mol. The highest BCUT2D eigenvalue weighted by molar-refractivity contribution is 6.04. The largest absolute Gasteiger partial charge is 0.393 e. The van der Waals surface area contributed by atoms with Crippen molar-refractivity contribution < 1.29 is 22.8 Å². The zero-order valence-electron chi connectivity index (χ0n) is 14.6. The third kappa shape index (κ3) is 5.15. The predicted octanol–water partition coefficient (Wildman–Crippen LogP) is 4.65. The molecule has 1 N–H and O–H groups in total. The molecule has 0 bridgehead atoms. The average Bonchev–Trinajstić information content (AvgIpc) is 2.52. The highest BCUT2D eigenvalue weighted by Crippen LogP contribution is 2.28. The molecule has 1 aromatic carbocycles. The van der Waals surface area contributed by atoms with Gasteiger partial charge in [-0.05, 0) is 17.2 Å². The Kier molecular flexibility index (Phi) is 5.79. The number of nitrogens with zero attached hydrogens (tertiary/aromatic N) is 1. The van der Waals surface area contributed by atoms with E-state index in [1.54, 1.807) is 26.0 Å². The highest BCUT2D eigenvalue weighted by atomic mass is 19.4. The molecule has 0 unspecified atom stereocenters. The molecular weight excluding hydrogens is 345 g/mol. The van der Waals surface area contributed by atoms with E-state index in [9.17, 15) is 22.8 Å². The summed E-state index contributed by atoms with van der Waals surface area (Å²) in [6, 6.07) is 7.55. The fourth-order valence-corrected chi connectivity index (χ4v) is 2.47. The maximum absolute atomic E-state index is 12.6. The number of nitrogens with one attached hydrogen (secondary N) is 1. The number of carbonyl (C=O) groups is 2. The van der Waals surface area contributed by atoms with Gasteiger partial charge < -0.3 is 5.32 Å². The van der Waals surface area contributed by atoms with Crippen LogP contribution < -0.4 is 5.32 Å². The van der Waals surface area contributed by atoms with E-state index in [-0.39, 0.29) is 34.6 Å². The first-order valence-electron chi connectivity index (χ1n) is 8.04. The van der Waals surface area contributed by atoms with Crippen LogP contribution in [0.5, 0.6) is 0 Å². The van der Waals surface area contributed by atoms with Crippen LogP contribution >= 0.6 is 0 Å². The molecule has 26 heavy (non-hydrogen) atoms. The predicted molar refractivity (Wildman–Crippen MR) is 92.9 cm³/mol. The lowest BCUT2D eigenvalue weighted by molar-refractivity contribution is -0.127. The minimum absolute atomic E-state index is 0.124. The summed E-state index contributed by atoms with van der Waals surface area (Å²) < 4.78 is 37.8. The van der Waals surface area contributed by atoms with Crippen molar-refractivity contribution >= 4 is 17.4 Å². The lowest BCUT2D eigenvalue weighted by Crippen LogP contribution is -2.16. The van der Waals surface area contributed by atoms with Crippen LogP contribution in [0.25, 0.3) is 11.1 Å². The smallest absolute Gasteiger partial charge is 0.324 e. The number of alkyl halides is 3. The summed E-state index contributed by atoms with van der Waals surface area (Å²) in [5.41, 5.74) is 1.53. The van der Waals surface area contributed by atoms with Crippen LogP contribution in [0.3, 0.4) is 0 Å². The number of carbonyl (C=O) groups excluding carboxylic acids is 2. The molecular formula is C19H19F3N2O2. The number of ketones is 1. The first-order chi connectivity index (χ1) is 12.1. The van der Waals surface area contributed by atoms with Gasteiger partial charge in [-0.25, -0.2) is 0 Å². The first kappa shape index (κ1) is 19.6. The molecule has 2 aromatic rings. The molecule has 0 saturated heterocycles. The number of rotatable bonds is 5. The quantitative estimate of drug-likeness (QED) is 0.786. The van der Waals surface area contributed by atoms with Crippen LogP contribution in [0.4, 0.5) is 18.9 Å². The van der Waals surface area contributed by atoms with Crippen molar-refractivity contribution in [2.75, 3.05) is 5.32 Å². The van der Waals surface area contributed by atoms with Crippen molar-refractivity contribution in [3.8, 4) is 11.1 Å². The summed E-state index contributed by atoms with van der Waals surface area (Å²) in [4.78, 5) is 27.9. The Bertz CT molecular complexity index is 830. The fourth-order valence-electron chi connectivity index (χ4n) is 2.47. The topological polar surface area (TPSA) is 59.1 Å². The molecule has 0 aliphatic rings. The number of amides is 1. The van der Waals surface area contributed by atoms with E-state index in [0.29, 0.717) is 11.1 Å². The molecule has 0 aliphatic heterocycles. The van der Waals surface area contributed by atoms with Crippen molar-refractivity contribution in [3.05, 3.63) is 47.8 Å². The number of halogens is 3. The van der Waals surface area contributed by atoms with E-state index in [1.165, 1.54) is 31.3 Å². The first-order valence-corrected chi connectivity index (χ1v) is 8.04. The Morgan fingerprint density at radius 2 is 1.85 bits per heavy atom. The van der Waals surface area contributed by atoms with E-state index < -0.39 is 12.6 Å². The number of pyridine rings is 1. The molecule has 0 radical (unpaired) electrons. The standard InChI is InChI=1S/C19H19F3N2O2/c1-11(2)18(26)17-16(24-12(3)25)8-15(10-23-17)14-6-4-5-13(7-14)9-19(20,21)22/h4-8,10-11H,9H2,1-3H3,(H,24,25). The molecule has 0 saturated carbocycles. The zero-order valence-corrected chi connectivity index (χ0v) is 14.6. The van der Waals surface area contributed by atoms with Gasteiger partial charge >= 0.3 is 6.18 Å². The van der Waals surface area contributed by atoms with Gasteiger partial charge in [0, 0.05) is 24.6 Å². The van der Waals surface area contributed by atoms with Crippen molar-refractivity contribution in [3.63, 3.8) is 0 Å². The molecule has 138 valence electrons. The zero-order chi connectivity index (χ0) is 19.5. The molecule has 4 nitrogen and oxygen atoms in total. The van der Waals surface area contributed by atoms with Gasteiger partial charge in [0.25, 0.3) is 0 Å². The number of aromatic nitrogens is 1. The summed E-state index contributed by atoms with van der Waals surface area (Å²) >= 11 is 0. The summed E-state index contributed by atoms with van der Waals surface area (Å²) in [6.45, 7) is 4.74. The van der Waals surface area contributed by atoms with Gasteiger partial charge in [-0.3, -0.25) is 14.6 Å². The number of hydrogen-bond acceptors (Lipinski definition) is 3. The van der Waals surface area contributed by atoms with Crippen LogP contribution in [-0.4, -0.2) is 22.9 Å². The minimum atomic E-state index is -4.30. The van der Waals surface area contributed by atoms with Gasteiger partial charge in [-0.15, -0.1) is 0 Å². The van der Waals surface area contributed by atoms with E-state index >= 15 is 0 Å². The summed E-state index contributed by atoms with van der Waals surface area (Å²) in [7, 11) is 0. The fraction of sp³-hybridized carbons (Fsp3) is 0.316. The molecule has 7 heteroatoms. The van der Waals surface area contributed by atoms with Gasteiger partial charge in [-0.2, -0.15) is 13.2 Å². The maximum Gasteiger partial charge on any atom is 0.393 e. The molecule has 0 atom stereocenters. The van der Waals surface area contributed by atoms with Gasteiger partial charge in [0.1, 0.15) is 5.69 Å². The number of hydrogen-bond donors (Lipinski definition) is 1. The maximum atomic E-state index is 12.6. The molecule has 1 heterocycles. The lowest BCUT2D eigenvalue weighted by atomic mass is 9.99. The van der Waals surface area contributed by atoms with Crippen molar-refractivity contribution in [1.82, 2.24) is 4.98 Å². The number of anilines is 1. The second kappa shape index (κ2) is 7.68. The number of benzene rings is 1. The third-order valence-electron chi connectivity index (χ3n) is 3.62. The summed E-state index contributed by atoms with van der Waals surface area (Å²) in [5, 5.41) is 2.57. The Morgan fingerprint density at radius 1 is 1.15 bits per heavy atom. The van der Waals surface area contributed by atoms with Gasteiger partial charge in [0.2, 0.25) is 5.91 Å². The minimum Gasteiger partial charge on any atom is -0.324 e. The van der Waals surface area contributed by atoms with E-state index in [1.807, 2.05) is 0 Å². The highest BCUT2D eigenvalue weighted by Gasteiger charge is 2.27. The molecule has 0 spiro atoms. The lowest BCUT2D eigenvalue weighted by Gasteiger charge is -2.13. The Labute approximate surface area is 149 Å². The van der Waals surface area contributed by atoms with E-state index in [0.717, 1.165) is 0 Å². The Hall–Kier alpha value is -2.70.